The van der Waals surface area contributed by atoms with Gasteiger partial charge in [0.2, 0.25) is 0 Å². The number of piperazine rings is 1. The Bertz CT molecular complexity index is 1050. The van der Waals surface area contributed by atoms with E-state index < -0.39 is 5.60 Å². The van der Waals surface area contributed by atoms with Gasteiger partial charge < -0.3 is 15.3 Å². The number of fused-ring (bicyclic) bond motifs is 1. The molecule has 4 heterocycles. The Morgan fingerprint density at radius 3 is 2.75 bits per heavy atom. The highest BCUT2D eigenvalue weighted by atomic mass is 32.1. The summed E-state index contributed by atoms with van der Waals surface area (Å²) >= 11 is 3.25. The number of hydrogen-bond donors (Lipinski definition) is 2. The van der Waals surface area contributed by atoms with E-state index >= 15 is 0 Å². The van der Waals surface area contributed by atoms with Gasteiger partial charge in [0.25, 0.3) is 0 Å². The second-order valence-electron chi connectivity index (χ2n) is 9.58. The number of thiophene rings is 1. The summed E-state index contributed by atoms with van der Waals surface area (Å²) in [6.07, 6.45) is 4.29. The maximum atomic E-state index is 10.3. The minimum absolute atomic E-state index is 0.349. The van der Waals surface area contributed by atoms with E-state index in [-0.39, 0.29) is 0 Å². The first kappa shape index (κ1) is 22.2. The van der Waals surface area contributed by atoms with Crippen LogP contribution >= 0.6 is 22.9 Å². The number of nitrogens with one attached hydrogen (secondary N) is 1. The average Bonchev–Trinajstić information content (AvgIpc) is 3.41. The lowest BCUT2D eigenvalue weighted by Crippen LogP contribution is -2.43. The summed E-state index contributed by atoms with van der Waals surface area (Å²) in [7, 11) is 2.18. The van der Waals surface area contributed by atoms with Crippen molar-refractivity contribution in [2.75, 3.05) is 38.5 Å². The lowest BCUT2D eigenvalue weighted by atomic mass is 9.84. The van der Waals surface area contributed by atoms with Crippen LogP contribution in [0.4, 0.5) is 5.82 Å². The smallest absolute Gasteiger partial charge is 0.148 e. The van der Waals surface area contributed by atoms with Gasteiger partial charge in [0.15, 0.2) is 0 Å². The molecule has 9 heteroatoms. The summed E-state index contributed by atoms with van der Waals surface area (Å²) < 4.78 is 5.82. The quantitative estimate of drug-likeness (QED) is 0.568. The zero-order valence-electron chi connectivity index (χ0n) is 18.9. The van der Waals surface area contributed by atoms with Gasteiger partial charge in [-0.15, -0.1) is 11.3 Å². The zero-order chi connectivity index (χ0) is 22.1. The Balaban J connectivity index is 1.27. The fourth-order valence-electron chi connectivity index (χ4n) is 4.57. The topological polar surface area (TPSA) is 77.4 Å². The van der Waals surface area contributed by atoms with Gasteiger partial charge in [-0.25, -0.2) is 9.97 Å². The molecule has 2 fully saturated rings. The van der Waals surface area contributed by atoms with Crippen molar-refractivity contribution in [1.29, 1.82) is 0 Å². The number of nitrogens with zero attached hydrogens (tertiary/aromatic N) is 5. The van der Waals surface area contributed by atoms with Crippen LogP contribution in [0.5, 0.6) is 0 Å². The van der Waals surface area contributed by atoms with Crippen molar-refractivity contribution in [3.63, 3.8) is 0 Å². The maximum Gasteiger partial charge on any atom is 0.148 e. The highest BCUT2D eigenvalue weighted by molar-refractivity contribution is 7.17. The molecule has 5 rings (SSSR count). The summed E-state index contributed by atoms with van der Waals surface area (Å²) in [5.41, 5.74) is 1.63. The largest absolute Gasteiger partial charge is 0.390 e. The van der Waals surface area contributed by atoms with Crippen LogP contribution in [0.1, 0.15) is 49.0 Å². The third-order valence-corrected chi connectivity index (χ3v) is 8.41. The molecule has 1 aliphatic heterocycles. The summed E-state index contributed by atoms with van der Waals surface area (Å²) in [4.78, 5) is 15.8. The van der Waals surface area contributed by atoms with Crippen molar-refractivity contribution >= 4 is 38.9 Å². The number of hydrogen-bond acceptors (Lipinski definition) is 9. The van der Waals surface area contributed by atoms with Crippen molar-refractivity contribution in [2.45, 2.75) is 57.2 Å². The lowest BCUT2D eigenvalue weighted by Gasteiger charge is -2.33. The molecule has 2 N–H and O–H groups in total. The van der Waals surface area contributed by atoms with Crippen molar-refractivity contribution < 1.29 is 5.11 Å². The normalized spacial score (nSPS) is 25.4. The van der Waals surface area contributed by atoms with Crippen molar-refractivity contribution in [2.24, 2.45) is 0 Å². The van der Waals surface area contributed by atoms with Gasteiger partial charge in [-0.1, -0.05) is 0 Å². The van der Waals surface area contributed by atoms with E-state index in [1.807, 2.05) is 6.92 Å². The van der Waals surface area contributed by atoms with E-state index in [4.69, 9.17) is 14.3 Å². The van der Waals surface area contributed by atoms with Crippen LogP contribution in [-0.4, -0.2) is 74.1 Å². The Kier molecular flexibility index (Phi) is 6.44. The summed E-state index contributed by atoms with van der Waals surface area (Å²) in [5.74, 6) is 1.78. The van der Waals surface area contributed by atoms with Gasteiger partial charge in [0, 0.05) is 50.1 Å². The molecule has 0 radical (unpaired) electrons. The fourth-order valence-corrected chi connectivity index (χ4v) is 6.08. The molecule has 0 spiro atoms. The molecular formula is C23H32N6OS2. The molecule has 1 saturated heterocycles. The van der Waals surface area contributed by atoms with Crippen LogP contribution in [0.25, 0.3) is 10.2 Å². The van der Waals surface area contributed by atoms with Crippen molar-refractivity contribution in [3.05, 3.63) is 33.9 Å². The third kappa shape index (κ3) is 5.28. The molecule has 172 valence electrons. The molecule has 0 unspecified atom stereocenters. The molecule has 0 bridgehead atoms. The van der Waals surface area contributed by atoms with Crippen LogP contribution in [-0.2, 0) is 13.0 Å². The van der Waals surface area contributed by atoms with E-state index in [9.17, 15) is 5.11 Å². The van der Waals surface area contributed by atoms with Gasteiger partial charge in [-0.3, -0.25) is 4.90 Å². The second-order valence-corrected chi connectivity index (χ2v) is 11.4. The highest BCUT2D eigenvalue weighted by Crippen LogP contribution is 2.32. The Morgan fingerprint density at radius 2 is 1.97 bits per heavy atom. The molecule has 3 aromatic rings. The fraction of sp³-hybridized carbons (Fsp3) is 0.609. The maximum absolute atomic E-state index is 10.3. The first-order valence-corrected chi connectivity index (χ1v) is 13.2. The van der Waals surface area contributed by atoms with E-state index in [1.165, 1.54) is 4.88 Å². The standard InChI is InChI=1S/C23H32N6OS2/c1-23(30)6-3-16(4-7-23)24-22-21-19(5-12-31-21)25-20(26-22)14-18-13-17(27-32-18)15-29-10-8-28(2)9-11-29/h5,12-13,16,30H,3-4,6-11,14-15H2,1-2H3,(H,24,25,26). The predicted octanol–water partition coefficient (Wildman–Crippen LogP) is 3.59. The van der Waals surface area contributed by atoms with Gasteiger partial charge in [0.05, 0.1) is 21.5 Å². The SMILES string of the molecule is CN1CCN(Cc2cc(Cc3nc(NC4CCC(C)(O)CC4)c4sccc4n3)sn2)CC1. The van der Waals surface area contributed by atoms with Gasteiger partial charge >= 0.3 is 0 Å². The van der Waals surface area contributed by atoms with Crippen LogP contribution in [0.3, 0.4) is 0 Å². The Morgan fingerprint density at radius 1 is 1.19 bits per heavy atom. The molecule has 7 nitrogen and oxygen atoms in total. The molecule has 2 aliphatic rings. The number of anilines is 1. The van der Waals surface area contributed by atoms with E-state index in [0.29, 0.717) is 12.5 Å². The van der Waals surface area contributed by atoms with Gasteiger partial charge in [0.1, 0.15) is 11.6 Å². The molecule has 3 aromatic heterocycles. The first-order chi connectivity index (χ1) is 15.4. The average molecular weight is 473 g/mol. The minimum Gasteiger partial charge on any atom is -0.390 e. The van der Waals surface area contributed by atoms with E-state index in [0.717, 1.165) is 86.0 Å². The number of aromatic nitrogens is 3. The molecule has 1 aliphatic carbocycles. The van der Waals surface area contributed by atoms with Gasteiger partial charge in [-0.2, -0.15) is 4.37 Å². The summed E-state index contributed by atoms with van der Waals surface area (Å²) in [5, 5.41) is 16.0. The number of aliphatic hydroxyl groups is 1. The molecule has 32 heavy (non-hydrogen) atoms. The molecule has 1 saturated carbocycles. The zero-order valence-corrected chi connectivity index (χ0v) is 20.5. The minimum atomic E-state index is -0.527. The number of likely N-dealkylation sites (N-methyl/N-ethyl adjacent to an activating group) is 1. The molecule has 0 amide bonds. The first-order valence-electron chi connectivity index (χ1n) is 11.5. The Labute approximate surface area is 197 Å². The predicted molar refractivity (Wildman–Crippen MR) is 132 cm³/mol. The molecule has 0 atom stereocenters. The molecule has 0 aromatic carbocycles. The second kappa shape index (κ2) is 9.30. The Hall–Kier alpha value is -1.65. The van der Waals surface area contributed by atoms with Crippen LogP contribution in [0, 0.1) is 0 Å². The monoisotopic (exact) mass is 472 g/mol. The number of rotatable bonds is 6. The van der Waals surface area contributed by atoms with Crippen LogP contribution < -0.4 is 5.32 Å². The lowest BCUT2D eigenvalue weighted by molar-refractivity contribution is 0.0196. The molecular weight excluding hydrogens is 440 g/mol. The summed E-state index contributed by atoms with van der Waals surface area (Å²) in [6.45, 7) is 7.32. The van der Waals surface area contributed by atoms with Crippen molar-refractivity contribution in [1.82, 2.24) is 24.1 Å². The van der Waals surface area contributed by atoms with E-state index in [1.54, 1.807) is 22.9 Å². The van der Waals surface area contributed by atoms with Crippen LogP contribution in [0.15, 0.2) is 17.5 Å². The van der Waals surface area contributed by atoms with Crippen LogP contribution in [0.2, 0.25) is 0 Å². The van der Waals surface area contributed by atoms with E-state index in [2.05, 4.69) is 39.7 Å². The van der Waals surface area contributed by atoms with Gasteiger partial charge in [-0.05, 0) is 68.7 Å². The van der Waals surface area contributed by atoms with Crippen molar-refractivity contribution in [3.8, 4) is 0 Å². The third-order valence-electron chi connectivity index (χ3n) is 6.68. The highest BCUT2D eigenvalue weighted by Gasteiger charge is 2.29. The summed E-state index contributed by atoms with van der Waals surface area (Å²) in [6, 6.07) is 4.65.